The van der Waals surface area contributed by atoms with E-state index in [0.717, 1.165) is 18.8 Å². The van der Waals surface area contributed by atoms with E-state index in [4.69, 9.17) is 0 Å². The second-order valence-electron chi connectivity index (χ2n) is 6.13. The first-order valence-electron chi connectivity index (χ1n) is 7.88. The maximum absolute atomic E-state index is 12.8. The molecule has 2 unspecified atom stereocenters. The topological polar surface area (TPSA) is 48.5 Å². The summed E-state index contributed by atoms with van der Waals surface area (Å²) in [6.45, 7) is 5.16. The van der Waals surface area contributed by atoms with Crippen molar-refractivity contribution in [2.45, 2.75) is 38.3 Å². The van der Waals surface area contributed by atoms with Gasteiger partial charge in [0, 0.05) is 44.1 Å². The van der Waals surface area contributed by atoms with E-state index in [9.17, 15) is 4.79 Å². The van der Waals surface area contributed by atoms with Gasteiger partial charge in [-0.05, 0) is 38.4 Å². The zero-order chi connectivity index (χ0) is 14.8. The average Bonchev–Trinajstić information content (AvgIpc) is 2.53. The summed E-state index contributed by atoms with van der Waals surface area (Å²) in [5.74, 6) is 0.0600. The monoisotopic (exact) mass is 288 g/mol. The Balaban J connectivity index is 1.77. The van der Waals surface area contributed by atoms with Crippen molar-refractivity contribution >= 4 is 11.6 Å². The molecule has 1 N–H and O–H groups in total. The van der Waals surface area contributed by atoms with Gasteiger partial charge >= 0.3 is 0 Å². The van der Waals surface area contributed by atoms with Gasteiger partial charge in [0.15, 0.2) is 0 Å². The molecule has 2 aliphatic heterocycles. The lowest BCUT2D eigenvalue weighted by Crippen LogP contribution is -2.60. The summed E-state index contributed by atoms with van der Waals surface area (Å²) in [6, 6.07) is 4.50. The predicted octanol–water partition coefficient (Wildman–Crippen LogP) is 1.82. The van der Waals surface area contributed by atoms with Crippen LogP contribution in [0.3, 0.4) is 0 Å². The van der Waals surface area contributed by atoms with E-state index >= 15 is 0 Å². The van der Waals surface area contributed by atoms with E-state index in [1.54, 1.807) is 6.20 Å². The Labute approximate surface area is 126 Å². The standard InChI is InChI=1S/C16H24N4O/c1-12-10-19-8-4-3-5-14(19)11-20(12)16(21)15-9-13(17-2)6-7-18-15/h6-7,9,12,14H,3-5,8,10-11H2,1-2H3,(H,17,18). The fourth-order valence-corrected chi connectivity index (χ4v) is 3.49. The van der Waals surface area contributed by atoms with Gasteiger partial charge in [-0.1, -0.05) is 6.42 Å². The highest BCUT2D eigenvalue weighted by Crippen LogP contribution is 2.25. The van der Waals surface area contributed by atoms with E-state index in [1.165, 1.54) is 25.8 Å². The van der Waals surface area contributed by atoms with Crippen molar-refractivity contribution in [3.8, 4) is 0 Å². The molecule has 3 heterocycles. The van der Waals surface area contributed by atoms with E-state index in [0.29, 0.717) is 11.7 Å². The van der Waals surface area contributed by atoms with Crippen LogP contribution in [0.15, 0.2) is 18.3 Å². The number of piperazine rings is 1. The van der Waals surface area contributed by atoms with Gasteiger partial charge in [-0.2, -0.15) is 0 Å². The van der Waals surface area contributed by atoms with Gasteiger partial charge < -0.3 is 10.2 Å². The van der Waals surface area contributed by atoms with Crippen LogP contribution < -0.4 is 5.32 Å². The molecule has 0 saturated carbocycles. The minimum atomic E-state index is 0.0600. The van der Waals surface area contributed by atoms with E-state index in [2.05, 4.69) is 22.1 Å². The predicted molar refractivity (Wildman–Crippen MR) is 83.5 cm³/mol. The normalized spacial score (nSPS) is 26.3. The van der Waals surface area contributed by atoms with E-state index < -0.39 is 0 Å². The molecule has 0 aromatic carbocycles. The molecular formula is C16H24N4O. The van der Waals surface area contributed by atoms with Gasteiger partial charge in [-0.15, -0.1) is 0 Å². The first-order valence-corrected chi connectivity index (χ1v) is 7.88. The number of nitrogens with one attached hydrogen (secondary N) is 1. The van der Waals surface area contributed by atoms with Crippen LogP contribution in [-0.4, -0.2) is 59.5 Å². The highest BCUT2D eigenvalue weighted by molar-refractivity contribution is 5.93. The lowest BCUT2D eigenvalue weighted by atomic mass is 9.97. The van der Waals surface area contributed by atoms with Crippen molar-refractivity contribution in [3.05, 3.63) is 24.0 Å². The Hall–Kier alpha value is -1.62. The summed E-state index contributed by atoms with van der Waals surface area (Å²) in [6.07, 6.45) is 5.48. The summed E-state index contributed by atoms with van der Waals surface area (Å²) in [5, 5.41) is 3.06. The van der Waals surface area contributed by atoms with Gasteiger partial charge in [-0.25, -0.2) is 0 Å². The second kappa shape index (κ2) is 6.02. The molecule has 0 radical (unpaired) electrons. The van der Waals surface area contributed by atoms with Crippen LogP contribution >= 0.6 is 0 Å². The van der Waals surface area contributed by atoms with Gasteiger partial charge in [0.1, 0.15) is 5.69 Å². The maximum Gasteiger partial charge on any atom is 0.272 e. The van der Waals surface area contributed by atoms with Crippen molar-refractivity contribution in [3.63, 3.8) is 0 Å². The number of rotatable bonds is 2. The van der Waals surface area contributed by atoms with Crippen molar-refractivity contribution in [2.75, 3.05) is 32.0 Å². The summed E-state index contributed by atoms with van der Waals surface area (Å²) >= 11 is 0. The van der Waals surface area contributed by atoms with Crippen molar-refractivity contribution in [1.29, 1.82) is 0 Å². The molecular weight excluding hydrogens is 264 g/mol. The SMILES string of the molecule is CNc1ccnc(C(=O)N2CC3CCCCN3CC2C)c1. The lowest BCUT2D eigenvalue weighted by molar-refractivity contribution is 0.0148. The summed E-state index contributed by atoms with van der Waals surface area (Å²) in [4.78, 5) is 21.6. The van der Waals surface area contributed by atoms with Crippen LogP contribution in [0.1, 0.15) is 36.7 Å². The number of aromatic nitrogens is 1. The Bertz CT molecular complexity index is 519. The number of nitrogens with zero attached hydrogens (tertiary/aromatic N) is 3. The minimum absolute atomic E-state index is 0.0600. The maximum atomic E-state index is 12.8. The number of hydrogen-bond donors (Lipinski definition) is 1. The van der Waals surface area contributed by atoms with Gasteiger partial charge in [0.05, 0.1) is 0 Å². The average molecular weight is 288 g/mol. The summed E-state index contributed by atoms with van der Waals surface area (Å²) in [7, 11) is 1.85. The van der Waals surface area contributed by atoms with Crippen LogP contribution in [0, 0.1) is 0 Å². The molecule has 5 nitrogen and oxygen atoms in total. The van der Waals surface area contributed by atoms with Crippen LogP contribution in [0.5, 0.6) is 0 Å². The third-order valence-electron chi connectivity index (χ3n) is 4.72. The molecule has 2 atom stereocenters. The number of anilines is 1. The fraction of sp³-hybridized carbons (Fsp3) is 0.625. The first-order chi connectivity index (χ1) is 10.2. The van der Waals surface area contributed by atoms with Gasteiger partial charge in [0.2, 0.25) is 0 Å². The van der Waals surface area contributed by atoms with Crippen molar-refractivity contribution < 1.29 is 4.79 Å². The third-order valence-corrected chi connectivity index (χ3v) is 4.72. The molecule has 1 aromatic heterocycles. The van der Waals surface area contributed by atoms with Crippen LogP contribution in [0.4, 0.5) is 5.69 Å². The molecule has 2 saturated heterocycles. The number of fused-ring (bicyclic) bond motifs is 1. The largest absolute Gasteiger partial charge is 0.388 e. The number of pyridine rings is 1. The molecule has 3 rings (SSSR count). The smallest absolute Gasteiger partial charge is 0.272 e. The Morgan fingerprint density at radius 2 is 2.24 bits per heavy atom. The molecule has 0 spiro atoms. The molecule has 21 heavy (non-hydrogen) atoms. The third kappa shape index (κ3) is 2.88. The van der Waals surface area contributed by atoms with Gasteiger partial charge in [0.25, 0.3) is 5.91 Å². The highest BCUT2D eigenvalue weighted by atomic mass is 16.2. The first kappa shape index (κ1) is 14.3. The number of carbonyl (C=O) groups excluding carboxylic acids is 1. The molecule has 2 fully saturated rings. The molecule has 5 heteroatoms. The molecule has 1 aromatic rings. The zero-order valence-corrected chi connectivity index (χ0v) is 12.9. The van der Waals surface area contributed by atoms with Crippen LogP contribution in [0.2, 0.25) is 0 Å². The number of piperidine rings is 1. The van der Waals surface area contributed by atoms with E-state index in [-0.39, 0.29) is 11.9 Å². The van der Waals surface area contributed by atoms with E-state index in [1.807, 2.05) is 24.1 Å². The van der Waals surface area contributed by atoms with Crippen LogP contribution in [-0.2, 0) is 0 Å². The zero-order valence-electron chi connectivity index (χ0n) is 12.9. The minimum Gasteiger partial charge on any atom is -0.388 e. The molecule has 1 amide bonds. The number of amides is 1. The molecule has 0 bridgehead atoms. The molecule has 0 aliphatic carbocycles. The Morgan fingerprint density at radius 3 is 3.05 bits per heavy atom. The lowest BCUT2D eigenvalue weighted by Gasteiger charge is -2.47. The molecule has 114 valence electrons. The van der Waals surface area contributed by atoms with Crippen molar-refractivity contribution in [1.82, 2.24) is 14.8 Å². The van der Waals surface area contributed by atoms with Crippen molar-refractivity contribution in [2.24, 2.45) is 0 Å². The quantitative estimate of drug-likeness (QED) is 0.902. The molecule has 2 aliphatic rings. The number of carbonyl (C=O) groups is 1. The highest BCUT2D eigenvalue weighted by Gasteiger charge is 2.35. The Kier molecular flexibility index (Phi) is 4.10. The Morgan fingerprint density at radius 1 is 1.38 bits per heavy atom. The fourth-order valence-electron chi connectivity index (χ4n) is 3.49. The van der Waals surface area contributed by atoms with Gasteiger partial charge in [-0.3, -0.25) is 14.7 Å². The van der Waals surface area contributed by atoms with Crippen LogP contribution in [0.25, 0.3) is 0 Å². The summed E-state index contributed by atoms with van der Waals surface area (Å²) in [5.41, 5.74) is 1.47. The number of hydrogen-bond acceptors (Lipinski definition) is 4. The second-order valence-corrected chi connectivity index (χ2v) is 6.13. The summed E-state index contributed by atoms with van der Waals surface area (Å²) < 4.78 is 0.